The lowest BCUT2D eigenvalue weighted by Gasteiger charge is -2.29. The van der Waals surface area contributed by atoms with Crippen molar-refractivity contribution in [2.75, 3.05) is 26.2 Å². The van der Waals surface area contributed by atoms with Gasteiger partial charge in [-0.15, -0.1) is 0 Å². The zero-order valence-corrected chi connectivity index (χ0v) is 11.8. The van der Waals surface area contributed by atoms with Crippen molar-refractivity contribution in [1.82, 2.24) is 10.2 Å². The van der Waals surface area contributed by atoms with E-state index in [4.69, 9.17) is 9.73 Å². The maximum atomic E-state index is 5.95. The molecule has 1 saturated heterocycles. The molecule has 0 aliphatic carbocycles. The van der Waals surface area contributed by atoms with E-state index in [0.717, 1.165) is 58.1 Å². The number of hydrogen-bond acceptors (Lipinski definition) is 4. The van der Waals surface area contributed by atoms with E-state index in [2.05, 4.69) is 34.5 Å². The van der Waals surface area contributed by atoms with Crippen LogP contribution in [0, 0.1) is 0 Å². The van der Waals surface area contributed by atoms with Gasteiger partial charge >= 0.3 is 0 Å². The number of benzene rings is 1. The van der Waals surface area contributed by atoms with Crippen molar-refractivity contribution in [3.05, 3.63) is 35.4 Å². The van der Waals surface area contributed by atoms with Crippen LogP contribution in [0.4, 0.5) is 0 Å². The van der Waals surface area contributed by atoms with Crippen LogP contribution in [0.2, 0.25) is 0 Å². The molecule has 3 aliphatic rings. The minimum Gasteiger partial charge on any atom is -0.463 e. The zero-order valence-electron chi connectivity index (χ0n) is 11.8. The Morgan fingerprint density at radius 3 is 2.80 bits per heavy atom. The highest BCUT2D eigenvalue weighted by atomic mass is 16.5. The lowest BCUT2D eigenvalue weighted by atomic mass is 9.91. The lowest BCUT2D eigenvalue weighted by Crippen LogP contribution is -2.41. The molecular formula is C16H21N3O. The van der Waals surface area contributed by atoms with Crippen molar-refractivity contribution < 1.29 is 4.74 Å². The van der Waals surface area contributed by atoms with Crippen LogP contribution in [0.3, 0.4) is 0 Å². The lowest BCUT2D eigenvalue weighted by molar-refractivity contribution is 0.191. The molecular weight excluding hydrogens is 250 g/mol. The van der Waals surface area contributed by atoms with Crippen molar-refractivity contribution in [3.8, 4) is 0 Å². The first-order valence-electron chi connectivity index (χ1n) is 7.60. The quantitative estimate of drug-likeness (QED) is 0.778. The van der Waals surface area contributed by atoms with Gasteiger partial charge in [-0.1, -0.05) is 24.3 Å². The fourth-order valence-electron chi connectivity index (χ4n) is 3.44. The van der Waals surface area contributed by atoms with E-state index in [1.807, 2.05) is 0 Å². The molecule has 0 amide bonds. The summed E-state index contributed by atoms with van der Waals surface area (Å²) >= 11 is 0. The van der Waals surface area contributed by atoms with Crippen molar-refractivity contribution >= 4 is 6.02 Å². The second-order valence-corrected chi connectivity index (χ2v) is 6.10. The molecule has 3 heterocycles. The highest BCUT2D eigenvalue weighted by Crippen LogP contribution is 2.30. The van der Waals surface area contributed by atoms with Gasteiger partial charge in [-0.25, -0.2) is 4.99 Å². The summed E-state index contributed by atoms with van der Waals surface area (Å²) in [6.45, 7) is 4.83. The molecule has 106 valence electrons. The molecule has 0 atom stereocenters. The highest BCUT2D eigenvalue weighted by molar-refractivity contribution is 5.76. The molecule has 1 spiro atoms. The van der Waals surface area contributed by atoms with E-state index in [9.17, 15) is 0 Å². The van der Waals surface area contributed by atoms with E-state index < -0.39 is 0 Å². The first-order valence-corrected chi connectivity index (χ1v) is 7.60. The Morgan fingerprint density at radius 2 is 1.95 bits per heavy atom. The molecule has 4 rings (SSSR count). The van der Waals surface area contributed by atoms with Gasteiger partial charge in [0.15, 0.2) is 0 Å². The van der Waals surface area contributed by atoms with Crippen molar-refractivity contribution in [1.29, 1.82) is 0 Å². The Balaban J connectivity index is 1.53. The Labute approximate surface area is 119 Å². The van der Waals surface area contributed by atoms with E-state index >= 15 is 0 Å². The topological polar surface area (TPSA) is 36.9 Å². The van der Waals surface area contributed by atoms with E-state index in [0.29, 0.717) is 0 Å². The van der Waals surface area contributed by atoms with Crippen LogP contribution in [0.25, 0.3) is 0 Å². The van der Waals surface area contributed by atoms with Crippen LogP contribution < -0.4 is 5.32 Å². The molecule has 1 fully saturated rings. The minimum absolute atomic E-state index is 0.0531. The first kappa shape index (κ1) is 12.2. The van der Waals surface area contributed by atoms with Gasteiger partial charge in [-0.05, 0) is 43.5 Å². The van der Waals surface area contributed by atoms with Crippen LogP contribution in [-0.2, 0) is 17.7 Å². The molecule has 1 aromatic rings. The van der Waals surface area contributed by atoms with Crippen molar-refractivity contribution in [3.63, 3.8) is 0 Å². The number of hydrogen-bond donors (Lipinski definition) is 1. The third-order valence-corrected chi connectivity index (χ3v) is 4.74. The summed E-state index contributed by atoms with van der Waals surface area (Å²) in [6, 6.07) is 9.58. The van der Waals surface area contributed by atoms with Gasteiger partial charge in [0, 0.05) is 13.1 Å². The smallest absolute Gasteiger partial charge is 0.288 e. The Morgan fingerprint density at radius 1 is 1.15 bits per heavy atom. The molecule has 0 unspecified atom stereocenters. The van der Waals surface area contributed by atoms with Gasteiger partial charge in [0.05, 0.1) is 0 Å². The average Bonchev–Trinajstić information content (AvgIpc) is 2.91. The monoisotopic (exact) mass is 271 g/mol. The summed E-state index contributed by atoms with van der Waals surface area (Å²) in [5.41, 5.74) is 2.94. The second-order valence-electron chi connectivity index (χ2n) is 6.10. The van der Waals surface area contributed by atoms with Gasteiger partial charge in [-0.3, -0.25) is 0 Å². The maximum Gasteiger partial charge on any atom is 0.288 e. The number of amidine groups is 1. The molecule has 0 bridgehead atoms. The number of nitrogens with zero attached hydrogens (tertiary/aromatic N) is 2. The van der Waals surface area contributed by atoms with Gasteiger partial charge < -0.3 is 15.0 Å². The molecule has 0 radical (unpaired) electrons. The number of aliphatic imine (C=N–C) groups is 1. The number of fused-ring (bicyclic) bond motifs is 1. The van der Waals surface area contributed by atoms with Crippen LogP contribution in [-0.4, -0.2) is 42.7 Å². The first-order chi connectivity index (χ1) is 9.85. The maximum absolute atomic E-state index is 5.95. The predicted molar refractivity (Wildman–Crippen MR) is 78.8 cm³/mol. The molecule has 1 aromatic carbocycles. The summed E-state index contributed by atoms with van der Waals surface area (Å²) in [5.74, 6) is 0. The second kappa shape index (κ2) is 4.77. The Hall–Kier alpha value is -1.55. The normalized spacial score (nSPS) is 24.2. The summed E-state index contributed by atoms with van der Waals surface area (Å²) in [7, 11) is 0. The van der Waals surface area contributed by atoms with Crippen LogP contribution in [0.15, 0.2) is 29.3 Å². The van der Waals surface area contributed by atoms with E-state index in [1.165, 1.54) is 11.1 Å². The van der Waals surface area contributed by atoms with Gasteiger partial charge in [0.1, 0.15) is 12.1 Å². The summed E-state index contributed by atoms with van der Waals surface area (Å²) in [5, 5.41) is 3.40. The SMILES string of the molecule is c1ccc2c(c1)CCN(C1=NC3(CCNCC3)CO1)C2. The molecule has 4 heteroatoms. The number of piperidine rings is 1. The molecule has 0 saturated carbocycles. The fraction of sp³-hybridized carbons (Fsp3) is 0.562. The van der Waals surface area contributed by atoms with E-state index in [1.54, 1.807) is 0 Å². The Bertz CT molecular complexity index is 534. The molecule has 20 heavy (non-hydrogen) atoms. The van der Waals surface area contributed by atoms with Crippen molar-refractivity contribution in [2.45, 2.75) is 31.3 Å². The van der Waals surface area contributed by atoms with Crippen LogP contribution in [0.5, 0.6) is 0 Å². The standard InChI is InChI=1S/C16H21N3O/c1-2-4-14-11-19(10-5-13(14)3-1)15-18-16(12-20-15)6-8-17-9-7-16/h1-4,17H,5-12H2. The molecule has 1 N–H and O–H groups in total. The largest absolute Gasteiger partial charge is 0.463 e. The highest BCUT2D eigenvalue weighted by Gasteiger charge is 2.39. The summed E-state index contributed by atoms with van der Waals surface area (Å²) in [6.07, 6.45) is 3.29. The third-order valence-electron chi connectivity index (χ3n) is 4.74. The summed E-state index contributed by atoms with van der Waals surface area (Å²) < 4.78 is 5.95. The van der Waals surface area contributed by atoms with Crippen molar-refractivity contribution in [2.24, 2.45) is 4.99 Å². The zero-order chi connectivity index (χ0) is 13.4. The minimum atomic E-state index is 0.0531. The van der Waals surface area contributed by atoms with Gasteiger partial charge in [-0.2, -0.15) is 0 Å². The number of nitrogens with one attached hydrogen (secondary N) is 1. The summed E-state index contributed by atoms with van der Waals surface area (Å²) in [4.78, 5) is 7.26. The van der Waals surface area contributed by atoms with Gasteiger partial charge in [0.25, 0.3) is 6.02 Å². The number of ether oxygens (including phenoxy) is 1. The van der Waals surface area contributed by atoms with Crippen LogP contribution in [0.1, 0.15) is 24.0 Å². The Kier molecular flexibility index (Phi) is 2.91. The molecule has 4 nitrogen and oxygen atoms in total. The van der Waals surface area contributed by atoms with Crippen LogP contribution >= 0.6 is 0 Å². The molecule has 0 aromatic heterocycles. The predicted octanol–water partition coefficient (Wildman–Crippen LogP) is 1.55. The fourth-order valence-corrected chi connectivity index (χ4v) is 3.44. The third kappa shape index (κ3) is 2.08. The average molecular weight is 271 g/mol. The number of rotatable bonds is 0. The van der Waals surface area contributed by atoms with E-state index in [-0.39, 0.29) is 5.54 Å². The van der Waals surface area contributed by atoms with Gasteiger partial charge in [0.2, 0.25) is 0 Å². The molecule has 3 aliphatic heterocycles.